The summed E-state index contributed by atoms with van der Waals surface area (Å²) in [7, 11) is 0. The Kier molecular flexibility index (Phi) is 5.26. The van der Waals surface area contributed by atoms with Crippen LogP contribution in [0.5, 0.6) is 5.75 Å². The van der Waals surface area contributed by atoms with Gasteiger partial charge in [-0.1, -0.05) is 6.07 Å². The Morgan fingerprint density at radius 2 is 1.85 bits per heavy atom. The van der Waals surface area contributed by atoms with Gasteiger partial charge in [0.05, 0.1) is 0 Å². The summed E-state index contributed by atoms with van der Waals surface area (Å²) >= 11 is 0. The van der Waals surface area contributed by atoms with E-state index >= 15 is 0 Å². The number of hydrogen-bond donors (Lipinski definition) is 1. The van der Waals surface area contributed by atoms with E-state index in [4.69, 9.17) is 4.74 Å². The molecule has 26 heavy (non-hydrogen) atoms. The number of carbonyl (C=O) groups excluding carboxylic acids is 2. The molecule has 3 rings (SSSR count). The van der Waals surface area contributed by atoms with Crippen LogP contribution in [0.2, 0.25) is 0 Å². The fourth-order valence-corrected chi connectivity index (χ4v) is 2.93. The van der Waals surface area contributed by atoms with Gasteiger partial charge in [-0.05, 0) is 74.7 Å². The molecule has 136 valence electrons. The third kappa shape index (κ3) is 4.04. The lowest BCUT2D eigenvalue weighted by Gasteiger charge is -2.17. The maximum atomic E-state index is 12.4. The van der Waals surface area contributed by atoms with Gasteiger partial charge in [-0.25, -0.2) is 0 Å². The zero-order valence-electron chi connectivity index (χ0n) is 15.4. The maximum absolute atomic E-state index is 12.4. The quantitative estimate of drug-likeness (QED) is 0.889. The second-order valence-electron chi connectivity index (χ2n) is 6.69. The van der Waals surface area contributed by atoms with Crippen LogP contribution in [-0.4, -0.2) is 24.5 Å². The first-order valence-corrected chi connectivity index (χ1v) is 8.89. The van der Waals surface area contributed by atoms with Crippen molar-refractivity contribution in [3.05, 3.63) is 53.6 Å². The Balaban J connectivity index is 1.60. The van der Waals surface area contributed by atoms with Gasteiger partial charge in [0.15, 0.2) is 6.10 Å². The van der Waals surface area contributed by atoms with Crippen molar-refractivity contribution in [2.45, 2.75) is 39.7 Å². The number of benzene rings is 2. The van der Waals surface area contributed by atoms with Crippen LogP contribution < -0.4 is 15.0 Å². The van der Waals surface area contributed by atoms with Crippen molar-refractivity contribution >= 4 is 23.2 Å². The minimum atomic E-state index is -0.614. The molecule has 1 aliphatic rings. The van der Waals surface area contributed by atoms with E-state index in [1.807, 2.05) is 56.3 Å². The lowest BCUT2D eigenvalue weighted by Crippen LogP contribution is -2.30. The first-order chi connectivity index (χ1) is 12.4. The Bertz CT molecular complexity index is 815. The Morgan fingerprint density at radius 1 is 1.12 bits per heavy atom. The highest BCUT2D eigenvalue weighted by atomic mass is 16.5. The molecule has 0 aliphatic carbocycles. The van der Waals surface area contributed by atoms with Gasteiger partial charge in [-0.2, -0.15) is 0 Å². The van der Waals surface area contributed by atoms with Crippen LogP contribution in [0, 0.1) is 13.8 Å². The summed E-state index contributed by atoms with van der Waals surface area (Å²) in [6, 6.07) is 13.1. The van der Waals surface area contributed by atoms with Crippen molar-refractivity contribution in [2.75, 3.05) is 16.8 Å². The normalized spacial score (nSPS) is 15.0. The monoisotopic (exact) mass is 352 g/mol. The van der Waals surface area contributed by atoms with Gasteiger partial charge in [-0.3, -0.25) is 9.59 Å². The zero-order valence-corrected chi connectivity index (χ0v) is 15.4. The van der Waals surface area contributed by atoms with Crippen molar-refractivity contribution in [1.82, 2.24) is 0 Å². The van der Waals surface area contributed by atoms with Gasteiger partial charge >= 0.3 is 0 Å². The van der Waals surface area contributed by atoms with E-state index in [2.05, 4.69) is 5.32 Å². The second-order valence-corrected chi connectivity index (χ2v) is 6.69. The van der Waals surface area contributed by atoms with Crippen molar-refractivity contribution in [1.29, 1.82) is 0 Å². The molecular weight excluding hydrogens is 328 g/mol. The summed E-state index contributed by atoms with van der Waals surface area (Å²) < 4.78 is 5.74. The second kappa shape index (κ2) is 7.60. The highest BCUT2D eigenvalue weighted by Crippen LogP contribution is 2.23. The molecule has 2 aromatic rings. The minimum Gasteiger partial charge on any atom is -0.481 e. The van der Waals surface area contributed by atoms with Crippen LogP contribution in [-0.2, 0) is 9.59 Å². The summed E-state index contributed by atoms with van der Waals surface area (Å²) in [5.74, 6) is 0.615. The van der Waals surface area contributed by atoms with Gasteiger partial charge in [0.25, 0.3) is 5.91 Å². The Labute approximate surface area is 154 Å². The first kappa shape index (κ1) is 18.0. The number of rotatable bonds is 5. The van der Waals surface area contributed by atoms with Gasteiger partial charge in [0, 0.05) is 24.3 Å². The number of nitrogens with zero attached hydrogens (tertiary/aromatic N) is 1. The summed E-state index contributed by atoms with van der Waals surface area (Å²) in [5, 5.41) is 2.85. The third-order valence-corrected chi connectivity index (χ3v) is 4.68. The lowest BCUT2D eigenvalue weighted by atomic mass is 10.1. The molecule has 1 saturated heterocycles. The number of amides is 2. The smallest absolute Gasteiger partial charge is 0.265 e. The van der Waals surface area contributed by atoms with Crippen molar-refractivity contribution in [2.24, 2.45) is 0 Å². The molecule has 0 unspecified atom stereocenters. The molecule has 2 aromatic carbocycles. The topological polar surface area (TPSA) is 58.6 Å². The summed E-state index contributed by atoms with van der Waals surface area (Å²) in [4.78, 5) is 25.9. The molecule has 5 heteroatoms. The van der Waals surface area contributed by atoms with Crippen LogP contribution in [0.3, 0.4) is 0 Å². The standard InChI is InChI=1S/C21H24N2O3/c1-14-6-11-19(13-15(14)2)26-16(3)21(25)22-17-7-9-18(10-8-17)23-12-4-5-20(23)24/h6-11,13,16H,4-5,12H2,1-3H3,(H,22,25)/t16-/m1/s1. The number of ether oxygens (including phenoxy) is 1. The average Bonchev–Trinajstić information content (AvgIpc) is 3.05. The van der Waals surface area contributed by atoms with Crippen molar-refractivity contribution in [3.8, 4) is 5.75 Å². The molecular formula is C21H24N2O3. The van der Waals surface area contributed by atoms with Crippen LogP contribution in [0.1, 0.15) is 30.9 Å². The predicted octanol–water partition coefficient (Wildman–Crippen LogP) is 3.84. The molecule has 1 fully saturated rings. The van der Waals surface area contributed by atoms with Crippen LogP contribution >= 0.6 is 0 Å². The van der Waals surface area contributed by atoms with E-state index in [0.29, 0.717) is 17.9 Å². The molecule has 5 nitrogen and oxygen atoms in total. The molecule has 0 radical (unpaired) electrons. The van der Waals surface area contributed by atoms with Crippen LogP contribution in [0.15, 0.2) is 42.5 Å². The van der Waals surface area contributed by atoms with E-state index in [9.17, 15) is 9.59 Å². The maximum Gasteiger partial charge on any atom is 0.265 e. The third-order valence-electron chi connectivity index (χ3n) is 4.68. The Hall–Kier alpha value is -2.82. The highest BCUT2D eigenvalue weighted by molar-refractivity contribution is 5.96. The van der Waals surface area contributed by atoms with Crippen molar-refractivity contribution in [3.63, 3.8) is 0 Å². The van der Waals surface area contributed by atoms with E-state index in [1.165, 1.54) is 5.56 Å². The summed E-state index contributed by atoms with van der Waals surface area (Å²) in [6.07, 6.45) is 0.883. The molecule has 1 aliphatic heterocycles. The molecule has 0 aromatic heterocycles. The zero-order chi connectivity index (χ0) is 18.7. The fraction of sp³-hybridized carbons (Fsp3) is 0.333. The number of carbonyl (C=O) groups is 2. The highest BCUT2D eigenvalue weighted by Gasteiger charge is 2.21. The van der Waals surface area contributed by atoms with E-state index in [-0.39, 0.29) is 11.8 Å². The average molecular weight is 352 g/mol. The summed E-state index contributed by atoms with van der Waals surface area (Å²) in [5.41, 5.74) is 3.86. The van der Waals surface area contributed by atoms with Gasteiger partial charge < -0.3 is 15.0 Å². The predicted molar refractivity (Wildman–Crippen MR) is 103 cm³/mol. The molecule has 1 heterocycles. The lowest BCUT2D eigenvalue weighted by molar-refractivity contribution is -0.122. The molecule has 0 bridgehead atoms. The number of hydrogen-bond acceptors (Lipinski definition) is 3. The molecule has 0 spiro atoms. The van der Waals surface area contributed by atoms with E-state index in [1.54, 1.807) is 11.8 Å². The molecule has 0 saturated carbocycles. The first-order valence-electron chi connectivity index (χ1n) is 8.89. The number of anilines is 2. The largest absolute Gasteiger partial charge is 0.481 e. The molecule has 1 N–H and O–H groups in total. The summed E-state index contributed by atoms with van der Waals surface area (Å²) in [6.45, 7) is 6.53. The van der Waals surface area contributed by atoms with E-state index < -0.39 is 6.10 Å². The van der Waals surface area contributed by atoms with E-state index in [0.717, 1.165) is 24.2 Å². The molecule has 2 amide bonds. The number of nitrogens with one attached hydrogen (secondary N) is 1. The Morgan fingerprint density at radius 3 is 2.46 bits per heavy atom. The van der Waals surface area contributed by atoms with Crippen LogP contribution in [0.25, 0.3) is 0 Å². The van der Waals surface area contributed by atoms with Crippen LogP contribution in [0.4, 0.5) is 11.4 Å². The number of aryl methyl sites for hydroxylation is 2. The SMILES string of the molecule is Cc1ccc(O[C@H](C)C(=O)Nc2ccc(N3CCCC3=O)cc2)cc1C. The minimum absolute atomic E-state index is 0.150. The fourth-order valence-electron chi connectivity index (χ4n) is 2.93. The van der Waals surface area contributed by atoms with Crippen molar-refractivity contribution < 1.29 is 14.3 Å². The van der Waals surface area contributed by atoms with Gasteiger partial charge in [-0.15, -0.1) is 0 Å². The van der Waals surface area contributed by atoms with Gasteiger partial charge in [0.1, 0.15) is 5.75 Å². The molecule has 1 atom stereocenters. The van der Waals surface area contributed by atoms with Gasteiger partial charge in [0.2, 0.25) is 5.91 Å².